The van der Waals surface area contributed by atoms with Crippen molar-refractivity contribution in [3.8, 4) is 44.5 Å². The Morgan fingerprint density at radius 2 is 0.983 bits per heavy atom. The third-order valence-corrected chi connectivity index (χ3v) is 15.2. The van der Waals surface area contributed by atoms with Gasteiger partial charge in [-0.1, -0.05) is 166 Å². The normalized spacial score (nSPS) is 21.8. The Balaban J connectivity index is 0.971. The van der Waals surface area contributed by atoms with E-state index < -0.39 is 0 Å². The molecule has 0 amide bonds. The molecule has 0 saturated heterocycles. The average molecular weight is 774 g/mol. The van der Waals surface area contributed by atoms with Crippen LogP contribution in [0.3, 0.4) is 0 Å². The van der Waals surface area contributed by atoms with Gasteiger partial charge in [0.25, 0.3) is 0 Å². The number of anilines is 3. The Morgan fingerprint density at radius 3 is 1.68 bits per heavy atom. The molecule has 4 bridgehead atoms. The fourth-order valence-corrected chi connectivity index (χ4v) is 13.0. The Hall–Kier alpha value is -6.18. The third-order valence-electron chi connectivity index (χ3n) is 15.2. The van der Waals surface area contributed by atoms with E-state index in [0.29, 0.717) is 5.41 Å². The second kappa shape index (κ2) is 13.7. The number of benzene rings is 8. The number of hydrogen-bond acceptors (Lipinski definition) is 1. The highest BCUT2D eigenvalue weighted by molar-refractivity contribution is 6.07. The Bertz CT molecular complexity index is 2880. The number of rotatable bonds is 7. The zero-order valence-corrected chi connectivity index (χ0v) is 34.7. The van der Waals surface area contributed by atoms with E-state index in [1.54, 1.807) is 5.56 Å². The molecule has 60 heavy (non-hydrogen) atoms. The molecule has 4 saturated carbocycles. The first kappa shape index (κ1) is 35.7. The largest absolute Gasteiger partial charge is 0.310 e. The minimum Gasteiger partial charge on any atom is -0.310 e. The van der Waals surface area contributed by atoms with E-state index in [9.17, 15) is 0 Å². The van der Waals surface area contributed by atoms with Crippen LogP contribution in [0, 0.1) is 17.8 Å². The van der Waals surface area contributed by atoms with Crippen molar-refractivity contribution in [3.63, 3.8) is 0 Å². The van der Waals surface area contributed by atoms with Crippen LogP contribution in [0.4, 0.5) is 17.1 Å². The first-order chi connectivity index (χ1) is 29.4. The molecule has 1 heteroatoms. The van der Waals surface area contributed by atoms with Gasteiger partial charge in [0.15, 0.2) is 0 Å². The van der Waals surface area contributed by atoms with Gasteiger partial charge in [0.05, 0.1) is 5.69 Å². The SMILES string of the molecule is CC1(C)c2ccccc2-c2cccc(N(c3ccc(-c4ccc(C56CC7CC(CC(C7)C5)C6)cc4)cc3)c3cccc(-c4cccc5cccc(-c6ccccc6)c45)c3)c21. The quantitative estimate of drug-likeness (QED) is 0.156. The van der Waals surface area contributed by atoms with Gasteiger partial charge in [-0.3, -0.25) is 0 Å². The zero-order valence-electron chi connectivity index (χ0n) is 34.7. The Labute approximate surface area is 355 Å². The average Bonchev–Trinajstić information content (AvgIpc) is 3.52. The van der Waals surface area contributed by atoms with Crippen LogP contribution in [-0.2, 0) is 10.8 Å². The van der Waals surface area contributed by atoms with Gasteiger partial charge in [0.2, 0.25) is 0 Å². The standard InChI is InChI=1S/C59H51N/c1-58(2)54-22-7-6-18-52(54)53-21-11-23-55(57(53)58)60(49-17-8-16-46(35-49)51-20-10-15-45-14-9-19-50(56(45)51)44-12-4-3-5-13-44)48-30-26-43(27-31-48)42-24-28-47(29-25-42)59-36-39-32-40(37-59)34-41(33-39)38-59/h3-31,35,39-41H,32-34,36-38H2,1-2H3. The Morgan fingerprint density at radius 1 is 0.433 bits per heavy atom. The van der Waals surface area contributed by atoms with Crippen LogP contribution in [-0.4, -0.2) is 0 Å². The van der Waals surface area contributed by atoms with Gasteiger partial charge >= 0.3 is 0 Å². The molecule has 1 nitrogen and oxygen atoms in total. The fourth-order valence-electron chi connectivity index (χ4n) is 13.0. The van der Waals surface area contributed by atoms with E-state index in [1.165, 1.54) is 111 Å². The molecule has 0 N–H and O–H groups in total. The maximum Gasteiger partial charge on any atom is 0.0508 e. The molecule has 0 aliphatic heterocycles. The zero-order chi connectivity index (χ0) is 40.0. The molecule has 292 valence electrons. The summed E-state index contributed by atoms with van der Waals surface area (Å²) in [6.07, 6.45) is 8.68. The van der Waals surface area contributed by atoms with Crippen molar-refractivity contribution in [3.05, 3.63) is 199 Å². The van der Waals surface area contributed by atoms with Crippen molar-refractivity contribution in [2.24, 2.45) is 17.8 Å². The summed E-state index contributed by atoms with van der Waals surface area (Å²) < 4.78 is 0. The molecule has 0 radical (unpaired) electrons. The summed E-state index contributed by atoms with van der Waals surface area (Å²) in [7, 11) is 0. The lowest BCUT2D eigenvalue weighted by molar-refractivity contribution is -0.00518. The third kappa shape index (κ3) is 5.66. The number of hydrogen-bond donors (Lipinski definition) is 0. The summed E-state index contributed by atoms with van der Waals surface area (Å²) >= 11 is 0. The summed E-state index contributed by atoms with van der Waals surface area (Å²) in [5.41, 5.74) is 18.3. The van der Waals surface area contributed by atoms with Gasteiger partial charge in [-0.15, -0.1) is 0 Å². The maximum atomic E-state index is 2.51. The fraction of sp³-hybridized carbons (Fsp3) is 0.220. The second-order valence-corrected chi connectivity index (χ2v) is 19.2. The molecule has 0 heterocycles. The topological polar surface area (TPSA) is 3.24 Å². The Kier molecular flexibility index (Phi) is 8.15. The van der Waals surface area contributed by atoms with E-state index in [0.717, 1.165) is 29.1 Å². The van der Waals surface area contributed by atoms with E-state index in [-0.39, 0.29) is 5.41 Å². The van der Waals surface area contributed by atoms with Crippen LogP contribution in [0.25, 0.3) is 55.3 Å². The lowest BCUT2D eigenvalue weighted by Gasteiger charge is -2.57. The predicted octanol–water partition coefficient (Wildman–Crippen LogP) is 16.1. The minimum atomic E-state index is -0.170. The molecule has 0 spiro atoms. The maximum absolute atomic E-state index is 2.51. The van der Waals surface area contributed by atoms with Crippen molar-refractivity contribution in [1.29, 1.82) is 0 Å². The first-order valence-corrected chi connectivity index (χ1v) is 22.3. The van der Waals surface area contributed by atoms with Gasteiger partial charge in [0.1, 0.15) is 0 Å². The molecule has 0 atom stereocenters. The van der Waals surface area contributed by atoms with Gasteiger partial charge < -0.3 is 4.90 Å². The number of fused-ring (bicyclic) bond motifs is 4. The van der Waals surface area contributed by atoms with Crippen LogP contribution in [0.2, 0.25) is 0 Å². The van der Waals surface area contributed by atoms with Crippen LogP contribution in [0.1, 0.15) is 69.1 Å². The van der Waals surface area contributed by atoms with E-state index in [4.69, 9.17) is 0 Å². The van der Waals surface area contributed by atoms with E-state index in [2.05, 4.69) is 201 Å². The van der Waals surface area contributed by atoms with Crippen LogP contribution >= 0.6 is 0 Å². The minimum absolute atomic E-state index is 0.170. The molecule has 4 fully saturated rings. The summed E-state index contributed by atoms with van der Waals surface area (Å²) in [5.74, 6) is 2.87. The van der Waals surface area contributed by atoms with Crippen molar-refractivity contribution < 1.29 is 0 Å². The molecule has 5 aliphatic carbocycles. The first-order valence-electron chi connectivity index (χ1n) is 22.3. The lowest BCUT2D eigenvalue weighted by atomic mass is 9.48. The highest BCUT2D eigenvalue weighted by atomic mass is 15.1. The molecule has 13 rings (SSSR count). The van der Waals surface area contributed by atoms with E-state index in [1.807, 2.05) is 0 Å². The van der Waals surface area contributed by atoms with E-state index >= 15 is 0 Å². The summed E-state index contributed by atoms with van der Waals surface area (Å²) in [4.78, 5) is 2.51. The molecule has 8 aromatic carbocycles. The monoisotopic (exact) mass is 773 g/mol. The van der Waals surface area contributed by atoms with Crippen molar-refractivity contribution in [1.82, 2.24) is 0 Å². The highest BCUT2D eigenvalue weighted by Crippen LogP contribution is 2.61. The summed E-state index contributed by atoms with van der Waals surface area (Å²) in [6, 6.07) is 68.5. The second-order valence-electron chi connectivity index (χ2n) is 19.2. The van der Waals surface area contributed by atoms with Gasteiger partial charge in [0, 0.05) is 16.8 Å². The van der Waals surface area contributed by atoms with Crippen molar-refractivity contribution >= 4 is 27.8 Å². The van der Waals surface area contributed by atoms with Crippen LogP contribution in [0.15, 0.2) is 182 Å². The van der Waals surface area contributed by atoms with Crippen LogP contribution < -0.4 is 4.90 Å². The summed E-state index contributed by atoms with van der Waals surface area (Å²) in [6.45, 7) is 4.79. The molecular weight excluding hydrogens is 723 g/mol. The smallest absolute Gasteiger partial charge is 0.0508 e. The van der Waals surface area contributed by atoms with Gasteiger partial charge in [-0.25, -0.2) is 0 Å². The van der Waals surface area contributed by atoms with Crippen molar-refractivity contribution in [2.45, 2.75) is 63.2 Å². The van der Waals surface area contributed by atoms with Gasteiger partial charge in [-0.05, 0) is 164 Å². The molecule has 0 aromatic heterocycles. The molecular formula is C59H51N. The van der Waals surface area contributed by atoms with Crippen molar-refractivity contribution in [2.75, 3.05) is 4.90 Å². The predicted molar refractivity (Wildman–Crippen MR) is 252 cm³/mol. The molecule has 5 aliphatic rings. The van der Waals surface area contributed by atoms with Crippen LogP contribution in [0.5, 0.6) is 0 Å². The lowest BCUT2D eigenvalue weighted by Crippen LogP contribution is -2.48. The number of nitrogens with zero attached hydrogens (tertiary/aromatic N) is 1. The highest BCUT2D eigenvalue weighted by Gasteiger charge is 2.51. The summed E-state index contributed by atoms with van der Waals surface area (Å²) in [5, 5.41) is 2.53. The molecule has 0 unspecified atom stereocenters. The molecule has 8 aromatic rings. The van der Waals surface area contributed by atoms with Gasteiger partial charge in [-0.2, -0.15) is 0 Å².